The van der Waals surface area contributed by atoms with Crippen LogP contribution < -0.4 is 4.90 Å². The van der Waals surface area contributed by atoms with Crippen molar-refractivity contribution < 1.29 is 4.79 Å². The Morgan fingerprint density at radius 2 is 1.95 bits per heavy atom. The van der Waals surface area contributed by atoms with Gasteiger partial charge >= 0.3 is 0 Å². The molecule has 0 N–H and O–H groups in total. The number of carbonyl (C=O) groups is 1. The first-order valence-corrected chi connectivity index (χ1v) is 8.18. The van der Waals surface area contributed by atoms with Crippen molar-refractivity contribution >= 4 is 11.7 Å². The van der Waals surface area contributed by atoms with Crippen molar-refractivity contribution in [2.45, 2.75) is 38.5 Å². The van der Waals surface area contributed by atoms with Gasteiger partial charge in [0.15, 0.2) is 5.82 Å². The molecule has 5 nitrogen and oxygen atoms in total. The van der Waals surface area contributed by atoms with E-state index in [-0.39, 0.29) is 0 Å². The van der Waals surface area contributed by atoms with Crippen molar-refractivity contribution in [3.63, 3.8) is 0 Å². The predicted octanol–water partition coefficient (Wildman–Crippen LogP) is 1.41. The summed E-state index contributed by atoms with van der Waals surface area (Å²) in [4.78, 5) is 16.4. The molecule has 2 aliphatic carbocycles. The topological polar surface area (TPSA) is 49.3 Å². The Hall–Kier alpha value is -1.65. The fourth-order valence-corrected chi connectivity index (χ4v) is 3.35. The van der Waals surface area contributed by atoms with E-state index in [1.807, 2.05) is 4.90 Å². The SMILES string of the molecule is O=C(CC1CC1)N1CCN(c2cc3c(nn2)CCC3)CC1. The standard InChI is InChI=1S/C16H22N4O/c21-16(10-12-4-5-12)20-8-6-19(7-9-20)15-11-13-2-1-3-14(13)17-18-15/h11-12H,1-10H2. The smallest absolute Gasteiger partial charge is 0.222 e. The van der Waals surface area contributed by atoms with Crippen molar-refractivity contribution in [2.75, 3.05) is 31.1 Å². The van der Waals surface area contributed by atoms with Crippen LogP contribution in [0.25, 0.3) is 0 Å². The number of aryl methyl sites for hydroxylation is 2. The van der Waals surface area contributed by atoms with Crippen LogP contribution in [0.4, 0.5) is 5.82 Å². The lowest BCUT2D eigenvalue weighted by Gasteiger charge is -2.35. The maximum absolute atomic E-state index is 12.1. The second-order valence-electron chi connectivity index (χ2n) is 6.54. The number of anilines is 1. The van der Waals surface area contributed by atoms with Crippen LogP contribution in [0.5, 0.6) is 0 Å². The lowest BCUT2D eigenvalue weighted by Crippen LogP contribution is -2.49. The number of aromatic nitrogens is 2. The molecule has 21 heavy (non-hydrogen) atoms. The minimum atomic E-state index is 0.345. The van der Waals surface area contributed by atoms with Crippen molar-refractivity contribution in [1.29, 1.82) is 0 Å². The average molecular weight is 286 g/mol. The molecule has 0 spiro atoms. The molecule has 0 unspecified atom stereocenters. The molecule has 112 valence electrons. The van der Waals surface area contributed by atoms with Crippen molar-refractivity contribution in [3.05, 3.63) is 17.3 Å². The van der Waals surface area contributed by atoms with E-state index >= 15 is 0 Å². The first kappa shape index (κ1) is 13.0. The van der Waals surface area contributed by atoms with E-state index in [1.165, 1.54) is 30.5 Å². The molecule has 1 saturated heterocycles. The van der Waals surface area contributed by atoms with Gasteiger partial charge in [-0.15, -0.1) is 5.10 Å². The Bertz CT molecular complexity index is 547. The highest BCUT2D eigenvalue weighted by molar-refractivity contribution is 5.77. The summed E-state index contributed by atoms with van der Waals surface area (Å²) in [5.74, 6) is 2.01. The Morgan fingerprint density at radius 3 is 2.71 bits per heavy atom. The summed E-state index contributed by atoms with van der Waals surface area (Å²) in [5.41, 5.74) is 2.55. The number of hydrogen-bond acceptors (Lipinski definition) is 4. The van der Waals surface area contributed by atoms with E-state index in [2.05, 4.69) is 21.2 Å². The van der Waals surface area contributed by atoms with Crippen LogP contribution >= 0.6 is 0 Å². The predicted molar refractivity (Wildman–Crippen MR) is 80.2 cm³/mol. The van der Waals surface area contributed by atoms with Crippen LogP contribution in [0.2, 0.25) is 0 Å². The van der Waals surface area contributed by atoms with E-state index in [0.29, 0.717) is 11.8 Å². The van der Waals surface area contributed by atoms with E-state index in [9.17, 15) is 4.79 Å². The molecule has 0 atom stereocenters. The third-order valence-electron chi connectivity index (χ3n) is 4.92. The summed E-state index contributed by atoms with van der Waals surface area (Å²) in [6.45, 7) is 3.41. The monoisotopic (exact) mass is 286 g/mol. The molecule has 3 aliphatic rings. The van der Waals surface area contributed by atoms with Gasteiger partial charge in [0.25, 0.3) is 0 Å². The number of nitrogens with zero attached hydrogens (tertiary/aromatic N) is 4. The molecule has 2 fully saturated rings. The number of carbonyl (C=O) groups excluding carboxylic acids is 1. The largest absolute Gasteiger partial charge is 0.352 e. The minimum Gasteiger partial charge on any atom is -0.352 e. The van der Waals surface area contributed by atoms with Crippen LogP contribution in [-0.4, -0.2) is 47.2 Å². The zero-order chi connectivity index (χ0) is 14.2. The summed E-state index contributed by atoms with van der Waals surface area (Å²) >= 11 is 0. The molecule has 1 aromatic heterocycles. The first-order chi connectivity index (χ1) is 10.3. The number of amides is 1. The van der Waals surface area contributed by atoms with Gasteiger partial charge in [-0.3, -0.25) is 4.79 Å². The van der Waals surface area contributed by atoms with Gasteiger partial charge in [-0.05, 0) is 49.7 Å². The third kappa shape index (κ3) is 2.74. The van der Waals surface area contributed by atoms with Gasteiger partial charge < -0.3 is 9.80 Å². The summed E-state index contributed by atoms with van der Waals surface area (Å²) in [6, 6.07) is 2.21. The Balaban J connectivity index is 1.37. The number of fused-ring (bicyclic) bond motifs is 1. The van der Waals surface area contributed by atoms with Crippen LogP contribution in [0.3, 0.4) is 0 Å². The minimum absolute atomic E-state index is 0.345. The van der Waals surface area contributed by atoms with Gasteiger partial charge in [0.2, 0.25) is 5.91 Å². The molecule has 1 saturated carbocycles. The quantitative estimate of drug-likeness (QED) is 0.843. The fourth-order valence-electron chi connectivity index (χ4n) is 3.35. The van der Waals surface area contributed by atoms with Crippen LogP contribution in [0.15, 0.2) is 6.07 Å². The maximum Gasteiger partial charge on any atom is 0.222 e. The number of piperazine rings is 1. The molecular formula is C16H22N4O. The Morgan fingerprint density at radius 1 is 1.14 bits per heavy atom. The second kappa shape index (κ2) is 5.28. The van der Waals surface area contributed by atoms with Crippen molar-refractivity contribution in [2.24, 2.45) is 5.92 Å². The lowest BCUT2D eigenvalue weighted by atomic mass is 10.2. The Kier molecular flexibility index (Phi) is 3.28. The highest BCUT2D eigenvalue weighted by atomic mass is 16.2. The third-order valence-corrected chi connectivity index (χ3v) is 4.92. The molecule has 2 heterocycles. The maximum atomic E-state index is 12.1. The zero-order valence-electron chi connectivity index (χ0n) is 12.4. The zero-order valence-corrected chi connectivity index (χ0v) is 12.4. The van der Waals surface area contributed by atoms with E-state index in [1.54, 1.807) is 0 Å². The van der Waals surface area contributed by atoms with Gasteiger partial charge in [-0.25, -0.2) is 0 Å². The van der Waals surface area contributed by atoms with Gasteiger partial charge in [0, 0.05) is 32.6 Å². The van der Waals surface area contributed by atoms with Gasteiger partial charge in [-0.1, -0.05) is 0 Å². The highest BCUT2D eigenvalue weighted by Crippen LogP contribution is 2.33. The summed E-state index contributed by atoms with van der Waals surface area (Å²) in [7, 11) is 0. The normalized spacial score (nSPS) is 21.5. The molecule has 4 rings (SSSR count). The molecule has 1 amide bonds. The van der Waals surface area contributed by atoms with Crippen LogP contribution in [0.1, 0.15) is 36.9 Å². The van der Waals surface area contributed by atoms with E-state index in [0.717, 1.165) is 51.3 Å². The summed E-state index contributed by atoms with van der Waals surface area (Å²) in [6.07, 6.45) is 6.67. The van der Waals surface area contributed by atoms with Gasteiger partial charge in [-0.2, -0.15) is 5.10 Å². The molecule has 1 aromatic rings. The average Bonchev–Trinajstić information content (AvgIpc) is 3.21. The van der Waals surface area contributed by atoms with Gasteiger partial charge in [0.1, 0.15) is 0 Å². The van der Waals surface area contributed by atoms with Crippen LogP contribution in [-0.2, 0) is 17.6 Å². The van der Waals surface area contributed by atoms with Gasteiger partial charge in [0.05, 0.1) is 5.69 Å². The highest BCUT2D eigenvalue weighted by Gasteiger charge is 2.29. The Labute approximate surface area is 125 Å². The van der Waals surface area contributed by atoms with Crippen LogP contribution in [0, 0.1) is 5.92 Å². The van der Waals surface area contributed by atoms with E-state index < -0.39 is 0 Å². The van der Waals surface area contributed by atoms with E-state index in [4.69, 9.17) is 0 Å². The summed E-state index contributed by atoms with van der Waals surface area (Å²) in [5, 5.41) is 8.74. The first-order valence-electron chi connectivity index (χ1n) is 8.18. The molecule has 0 radical (unpaired) electrons. The second-order valence-corrected chi connectivity index (χ2v) is 6.54. The molecule has 0 bridgehead atoms. The molecular weight excluding hydrogens is 264 g/mol. The molecule has 1 aliphatic heterocycles. The fraction of sp³-hybridized carbons (Fsp3) is 0.688. The molecule has 5 heteroatoms. The number of rotatable bonds is 3. The molecule has 0 aromatic carbocycles. The van der Waals surface area contributed by atoms with Crippen molar-refractivity contribution in [1.82, 2.24) is 15.1 Å². The van der Waals surface area contributed by atoms with Crippen molar-refractivity contribution in [3.8, 4) is 0 Å². The number of hydrogen-bond donors (Lipinski definition) is 0. The lowest BCUT2D eigenvalue weighted by molar-refractivity contribution is -0.131. The summed E-state index contributed by atoms with van der Waals surface area (Å²) < 4.78 is 0.